The van der Waals surface area contributed by atoms with Gasteiger partial charge in [-0.3, -0.25) is 0 Å². The highest BCUT2D eigenvalue weighted by atomic mass is 35.5. The second-order valence-corrected chi connectivity index (χ2v) is 4.76. The highest BCUT2D eigenvalue weighted by molar-refractivity contribution is 6.30. The summed E-state index contributed by atoms with van der Waals surface area (Å²) in [5, 5.41) is 0.617. The number of aromatic nitrogens is 2. The first kappa shape index (κ1) is 11.6. The minimum Gasteiger partial charge on any atom is -0.354 e. The van der Waals surface area contributed by atoms with E-state index in [1.165, 1.54) is 12.8 Å². The smallest absolute Gasteiger partial charge is 0.137 e. The van der Waals surface area contributed by atoms with Crippen molar-refractivity contribution < 1.29 is 0 Å². The fourth-order valence-electron chi connectivity index (χ4n) is 2.34. The van der Waals surface area contributed by atoms with Crippen molar-refractivity contribution in [3.63, 3.8) is 0 Å². The van der Waals surface area contributed by atoms with Crippen molar-refractivity contribution >= 4 is 17.4 Å². The van der Waals surface area contributed by atoms with Gasteiger partial charge < -0.3 is 4.90 Å². The van der Waals surface area contributed by atoms with Gasteiger partial charge in [0.2, 0.25) is 0 Å². The summed E-state index contributed by atoms with van der Waals surface area (Å²) in [5.74, 6) is 1.05. The van der Waals surface area contributed by atoms with Gasteiger partial charge in [-0.1, -0.05) is 24.9 Å². The summed E-state index contributed by atoms with van der Waals surface area (Å²) in [7, 11) is 0. The largest absolute Gasteiger partial charge is 0.354 e. The lowest BCUT2D eigenvalue weighted by Gasteiger charge is -2.25. The number of nitrogens with zero attached hydrogens (tertiary/aromatic N) is 3. The van der Waals surface area contributed by atoms with Gasteiger partial charge in [-0.25, -0.2) is 9.97 Å². The molecule has 0 spiro atoms. The van der Waals surface area contributed by atoms with Crippen LogP contribution in [0.2, 0.25) is 5.15 Å². The van der Waals surface area contributed by atoms with Crippen molar-refractivity contribution in [2.24, 2.45) is 0 Å². The van der Waals surface area contributed by atoms with Crippen LogP contribution in [0.3, 0.4) is 0 Å². The zero-order valence-electron chi connectivity index (χ0n) is 9.91. The van der Waals surface area contributed by atoms with Gasteiger partial charge in [-0.05, 0) is 26.2 Å². The van der Waals surface area contributed by atoms with E-state index in [2.05, 4.69) is 28.7 Å². The molecule has 1 aromatic rings. The van der Waals surface area contributed by atoms with Crippen molar-refractivity contribution in [3.8, 4) is 0 Å². The Balaban J connectivity index is 2.35. The Labute approximate surface area is 102 Å². The van der Waals surface area contributed by atoms with Crippen LogP contribution in [-0.4, -0.2) is 22.6 Å². The zero-order chi connectivity index (χ0) is 11.5. The number of rotatable bonds is 3. The maximum absolute atomic E-state index is 6.16. The summed E-state index contributed by atoms with van der Waals surface area (Å²) in [5.41, 5.74) is 1.11. The van der Waals surface area contributed by atoms with Gasteiger partial charge in [0.05, 0.1) is 0 Å². The third-order valence-electron chi connectivity index (χ3n) is 3.20. The van der Waals surface area contributed by atoms with E-state index in [-0.39, 0.29) is 0 Å². The summed E-state index contributed by atoms with van der Waals surface area (Å²) in [6.07, 6.45) is 6.09. The molecule has 0 aliphatic carbocycles. The Morgan fingerprint density at radius 1 is 1.50 bits per heavy atom. The first-order valence-corrected chi connectivity index (χ1v) is 6.37. The highest BCUT2D eigenvalue weighted by Gasteiger charge is 2.24. The third kappa shape index (κ3) is 2.14. The highest BCUT2D eigenvalue weighted by Crippen LogP contribution is 2.30. The van der Waals surface area contributed by atoms with Crippen molar-refractivity contribution in [1.29, 1.82) is 0 Å². The molecule has 2 heterocycles. The van der Waals surface area contributed by atoms with Gasteiger partial charge >= 0.3 is 0 Å². The standard InChI is InChI=1S/C12H18ClN3/c1-3-5-10-11(13)14-8-15-12(10)16-7-4-6-9(16)2/h8-9H,3-7H2,1-2H3. The second-order valence-electron chi connectivity index (χ2n) is 4.40. The van der Waals surface area contributed by atoms with E-state index in [1.54, 1.807) is 6.33 Å². The van der Waals surface area contributed by atoms with E-state index < -0.39 is 0 Å². The molecule has 3 nitrogen and oxygen atoms in total. The molecule has 16 heavy (non-hydrogen) atoms. The molecular weight excluding hydrogens is 222 g/mol. The fourth-order valence-corrected chi connectivity index (χ4v) is 2.57. The molecule has 4 heteroatoms. The molecule has 1 aliphatic heterocycles. The van der Waals surface area contributed by atoms with Crippen LogP contribution >= 0.6 is 11.6 Å². The molecule has 1 aromatic heterocycles. The van der Waals surface area contributed by atoms with E-state index in [1.807, 2.05) is 0 Å². The second kappa shape index (κ2) is 5.00. The van der Waals surface area contributed by atoms with E-state index in [4.69, 9.17) is 11.6 Å². The van der Waals surface area contributed by atoms with Crippen LogP contribution in [0.5, 0.6) is 0 Å². The molecule has 0 bridgehead atoms. The summed E-state index contributed by atoms with van der Waals surface area (Å²) in [6, 6.07) is 0.571. The minimum absolute atomic E-state index is 0.571. The lowest BCUT2D eigenvalue weighted by Crippen LogP contribution is -2.28. The average molecular weight is 240 g/mol. The van der Waals surface area contributed by atoms with Crippen LogP contribution in [0.15, 0.2) is 6.33 Å². The molecule has 88 valence electrons. The Hall–Kier alpha value is -0.830. The normalized spacial score (nSPS) is 20.4. The third-order valence-corrected chi connectivity index (χ3v) is 3.52. The lowest BCUT2D eigenvalue weighted by molar-refractivity contribution is 0.719. The molecule has 0 N–H and O–H groups in total. The molecular formula is C12H18ClN3. The monoisotopic (exact) mass is 239 g/mol. The fraction of sp³-hybridized carbons (Fsp3) is 0.667. The number of hydrogen-bond donors (Lipinski definition) is 0. The van der Waals surface area contributed by atoms with Gasteiger partial charge in [0, 0.05) is 18.2 Å². The van der Waals surface area contributed by atoms with Gasteiger partial charge in [-0.2, -0.15) is 0 Å². The van der Waals surface area contributed by atoms with E-state index >= 15 is 0 Å². The molecule has 2 rings (SSSR count). The van der Waals surface area contributed by atoms with Crippen LogP contribution < -0.4 is 4.90 Å². The average Bonchev–Trinajstić information content (AvgIpc) is 2.68. The lowest BCUT2D eigenvalue weighted by atomic mass is 10.1. The Bertz CT molecular complexity index is 367. The number of halogens is 1. The molecule has 1 aliphatic rings. The number of hydrogen-bond acceptors (Lipinski definition) is 3. The minimum atomic E-state index is 0.571. The zero-order valence-corrected chi connectivity index (χ0v) is 10.7. The Morgan fingerprint density at radius 2 is 2.31 bits per heavy atom. The van der Waals surface area contributed by atoms with Gasteiger partial charge in [-0.15, -0.1) is 0 Å². The number of anilines is 1. The van der Waals surface area contributed by atoms with Crippen LogP contribution in [0.4, 0.5) is 5.82 Å². The molecule has 1 atom stereocenters. The maximum atomic E-state index is 6.16. The topological polar surface area (TPSA) is 29.0 Å². The van der Waals surface area contributed by atoms with E-state index in [0.717, 1.165) is 30.8 Å². The summed E-state index contributed by atoms with van der Waals surface area (Å²) in [6.45, 7) is 5.49. The molecule has 0 saturated carbocycles. The van der Waals surface area contributed by atoms with Crippen LogP contribution in [0.25, 0.3) is 0 Å². The van der Waals surface area contributed by atoms with Crippen LogP contribution in [0, 0.1) is 0 Å². The van der Waals surface area contributed by atoms with Crippen molar-refractivity contribution in [1.82, 2.24) is 9.97 Å². The van der Waals surface area contributed by atoms with Crippen molar-refractivity contribution in [2.75, 3.05) is 11.4 Å². The Kier molecular flexibility index (Phi) is 3.64. The van der Waals surface area contributed by atoms with Gasteiger partial charge in [0.1, 0.15) is 17.3 Å². The SMILES string of the molecule is CCCc1c(Cl)ncnc1N1CCCC1C. The Morgan fingerprint density at radius 3 is 2.94 bits per heavy atom. The van der Waals surface area contributed by atoms with Crippen molar-refractivity contribution in [2.45, 2.75) is 45.6 Å². The van der Waals surface area contributed by atoms with E-state index in [9.17, 15) is 0 Å². The predicted molar refractivity (Wildman–Crippen MR) is 67.1 cm³/mol. The van der Waals surface area contributed by atoms with Crippen LogP contribution in [-0.2, 0) is 6.42 Å². The summed E-state index contributed by atoms with van der Waals surface area (Å²) in [4.78, 5) is 10.9. The predicted octanol–water partition coefficient (Wildman–Crippen LogP) is 3.07. The van der Waals surface area contributed by atoms with Gasteiger partial charge in [0.15, 0.2) is 0 Å². The molecule has 1 fully saturated rings. The molecule has 0 amide bonds. The quantitative estimate of drug-likeness (QED) is 0.760. The summed E-state index contributed by atoms with van der Waals surface area (Å²) >= 11 is 6.16. The van der Waals surface area contributed by atoms with E-state index in [0.29, 0.717) is 11.2 Å². The first-order chi connectivity index (χ1) is 7.74. The molecule has 1 unspecified atom stereocenters. The van der Waals surface area contributed by atoms with Crippen LogP contribution in [0.1, 0.15) is 38.7 Å². The summed E-state index contributed by atoms with van der Waals surface area (Å²) < 4.78 is 0. The molecule has 1 saturated heterocycles. The maximum Gasteiger partial charge on any atom is 0.137 e. The van der Waals surface area contributed by atoms with Gasteiger partial charge in [0.25, 0.3) is 0 Å². The van der Waals surface area contributed by atoms with Crippen molar-refractivity contribution in [3.05, 3.63) is 17.0 Å². The molecule has 0 radical (unpaired) electrons. The molecule has 0 aromatic carbocycles. The first-order valence-electron chi connectivity index (χ1n) is 6.00.